The topological polar surface area (TPSA) is 34.1 Å². The lowest BCUT2D eigenvalue weighted by atomic mass is 10.3. The summed E-state index contributed by atoms with van der Waals surface area (Å²) in [6.07, 6.45) is 1.39. The largest absolute Gasteiger partial charge is 0.495 e. The first kappa shape index (κ1) is 11.7. The summed E-state index contributed by atoms with van der Waals surface area (Å²) in [6.45, 7) is 0. The van der Waals surface area contributed by atoms with Crippen molar-refractivity contribution in [3.8, 4) is 5.75 Å². The maximum atomic E-state index is 12.9. The van der Waals surface area contributed by atoms with E-state index in [0.717, 1.165) is 5.69 Å². The molecule has 0 aliphatic carbocycles. The van der Waals surface area contributed by atoms with Crippen LogP contribution in [-0.4, -0.2) is 12.1 Å². The number of aromatic nitrogens is 1. The zero-order valence-corrected chi connectivity index (χ0v) is 9.83. The Morgan fingerprint density at radius 1 is 1.24 bits per heavy atom. The predicted molar refractivity (Wildman–Crippen MR) is 65.5 cm³/mol. The molecule has 0 aliphatic heterocycles. The Labute approximate surface area is 103 Å². The fourth-order valence-electron chi connectivity index (χ4n) is 1.39. The van der Waals surface area contributed by atoms with Crippen molar-refractivity contribution in [1.82, 2.24) is 4.98 Å². The summed E-state index contributed by atoms with van der Waals surface area (Å²) in [7, 11) is 1.55. The number of anilines is 2. The minimum Gasteiger partial charge on any atom is -0.495 e. The van der Waals surface area contributed by atoms with Gasteiger partial charge in [0.05, 0.1) is 12.1 Å². The summed E-state index contributed by atoms with van der Waals surface area (Å²) in [5.41, 5.74) is 1.36. The normalized spacial score (nSPS) is 10.1. The van der Waals surface area contributed by atoms with Crippen molar-refractivity contribution < 1.29 is 9.13 Å². The third-order valence-electron chi connectivity index (χ3n) is 2.17. The SMILES string of the molecule is COc1ccc(Nc2ccnc(F)c2)cc1Cl. The van der Waals surface area contributed by atoms with E-state index >= 15 is 0 Å². The lowest BCUT2D eigenvalue weighted by Gasteiger charge is -2.08. The summed E-state index contributed by atoms with van der Waals surface area (Å²) in [5, 5.41) is 3.51. The van der Waals surface area contributed by atoms with E-state index in [1.807, 2.05) is 0 Å². The van der Waals surface area contributed by atoms with Gasteiger partial charge in [0, 0.05) is 23.6 Å². The number of nitrogens with zero attached hydrogens (tertiary/aromatic N) is 1. The van der Waals surface area contributed by atoms with Crippen molar-refractivity contribution in [1.29, 1.82) is 0 Å². The van der Waals surface area contributed by atoms with Crippen molar-refractivity contribution in [2.45, 2.75) is 0 Å². The van der Waals surface area contributed by atoms with E-state index in [9.17, 15) is 4.39 Å². The van der Waals surface area contributed by atoms with Gasteiger partial charge in [-0.2, -0.15) is 4.39 Å². The molecule has 0 amide bonds. The molecule has 1 heterocycles. The summed E-state index contributed by atoms with van der Waals surface area (Å²) >= 11 is 5.98. The minimum atomic E-state index is -0.533. The Morgan fingerprint density at radius 3 is 2.65 bits per heavy atom. The molecule has 2 aromatic rings. The number of nitrogens with one attached hydrogen (secondary N) is 1. The van der Waals surface area contributed by atoms with Crippen LogP contribution < -0.4 is 10.1 Å². The first-order valence-corrected chi connectivity index (χ1v) is 5.29. The minimum absolute atomic E-state index is 0.493. The molecule has 0 saturated heterocycles. The zero-order valence-electron chi connectivity index (χ0n) is 9.08. The highest BCUT2D eigenvalue weighted by atomic mass is 35.5. The van der Waals surface area contributed by atoms with Crippen molar-refractivity contribution in [3.05, 3.63) is 47.5 Å². The van der Waals surface area contributed by atoms with Crippen molar-refractivity contribution in [2.75, 3.05) is 12.4 Å². The molecule has 0 unspecified atom stereocenters. The third-order valence-corrected chi connectivity index (χ3v) is 2.46. The molecule has 3 nitrogen and oxygen atoms in total. The smallest absolute Gasteiger partial charge is 0.214 e. The Hall–Kier alpha value is -1.81. The van der Waals surface area contributed by atoms with Crippen molar-refractivity contribution in [3.63, 3.8) is 0 Å². The van der Waals surface area contributed by atoms with E-state index in [4.69, 9.17) is 16.3 Å². The molecule has 2 rings (SSSR count). The molecule has 88 valence electrons. The lowest BCUT2D eigenvalue weighted by Crippen LogP contribution is -1.93. The fourth-order valence-corrected chi connectivity index (χ4v) is 1.65. The second-order valence-electron chi connectivity index (χ2n) is 3.34. The Bertz CT molecular complexity index is 534. The Morgan fingerprint density at radius 2 is 2.00 bits per heavy atom. The zero-order chi connectivity index (χ0) is 12.3. The quantitative estimate of drug-likeness (QED) is 0.847. The van der Waals surface area contributed by atoms with Gasteiger partial charge in [-0.05, 0) is 24.3 Å². The molecule has 0 atom stereocenters. The van der Waals surface area contributed by atoms with Gasteiger partial charge in [-0.1, -0.05) is 11.6 Å². The Kier molecular flexibility index (Phi) is 3.44. The van der Waals surface area contributed by atoms with Gasteiger partial charge in [-0.25, -0.2) is 4.98 Å². The first-order chi connectivity index (χ1) is 8.19. The maximum absolute atomic E-state index is 12.9. The summed E-state index contributed by atoms with van der Waals surface area (Å²) < 4.78 is 17.9. The van der Waals surface area contributed by atoms with Crippen molar-refractivity contribution >= 4 is 23.0 Å². The molecule has 0 aliphatic rings. The molecule has 0 bridgehead atoms. The van der Waals surface area contributed by atoms with Crippen molar-refractivity contribution in [2.24, 2.45) is 0 Å². The fraction of sp³-hybridized carbons (Fsp3) is 0.0833. The van der Waals surface area contributed by atoms with Crippen LogP contribution in [0.2, 0.25) is 5.02 Å². The molecule has 0 spiro atoms. The van der Waals surface area contributed by atoms with E-state index in [2.05, 4.69) is 10.3 Å². The van der Waals surface area contributed by atoms with Crippen LogP contribution in [0.3, 0.4) is 0 Å². The van der Waals surface area contributed by atoms with E-state index in [0.29, 0.717) is 16.5 Å². The van der Waals surface area contributed by atoms with Gasteiger partial charge in [0.25, 0.3) is 0 Å². The summed E-state index contributed by atoms with van der Waals surface area (Å²) in [4.78, 5) is 3.47. The molecule has 1 aromatic heterocycles. The van der Waals surface area contributed by atoms with E-state index < -0.39 is 5.95 Å². The average molecular weight is 253 g/mol. The maximum Gasteiger partial charge on any atom is 0.214 e. The van der Waals surface area contributed by atoms with E-state index in [1.165, 1.54) is 12.3 Å². The molecule has 17 heavy (non-hydrogen) atoms. The molecule has 0 fully saturated rings. The first-order valence-electron chi connectivity index (χ1n) is 4.91. The highest BCUT2D eigenvalue weighted by Gasteiger charge is 2.02. The summed E-state index contributed by atoms with van der Waals surface area (Å²) in [5.74, 6) is 0.0627. The monoisotopic (exact) mass is 252 g/mol. The molecule has 1 aromatic carbocycles. The predicted octanol–water partition coefficient (Wildman–Crippen LogP) is 3.63. The van der Waals surface area contributed by atoms with E-state index in [1.54, 1.807) is 31.4 Å². The number of ether oxygens (including phenoxy) is 1. The number of hydrogen-bond donors (Lipinski definition) is 1. The number of halogens is 2. The Balaban J connectivity index is 2.22. The third kappa shape index (κ3) is 2.85. The number of benzene rings is 1. The van der Waals surface area contributed by atoms with Gasteiger partial charge < -0.3 is 10.1 Å². The average Bonchev–Trinajstić information content (AvgIpc) is 2.29. The molecular weight excluding hydrogens is 243 g/mol. The van der Waals surface area contributed by atoms with E-state index in [-0.39, 0.29) is 0 Å². The van der Waals surface area contributed by atoms with Crippen LogP contribution in [0.15, 0.2) is 36.5 Å². The number of pyridine rings is 1. The second kappa shape index (κ2) is 5.01. The van der Waals surface area contributed by atoms with Gasteiger partial charge in [-0.15, -0.1) is 0 Å². The number of rotatable bonds is 3. The van der Waals surface area contributed by atoms with Crippen LogP contribution >= 0.6 is 11.6 Å². The number of hydrogen-bond acceptors (Lipinski definition) is 3. The van der Waals surface area contributed by atoms with Crippen LogP contribution in [0.4, 0.5) is 15.8 Å². The van der Waals surface area contributed by atoms with Crippen LogP contribution in [0.1, 0.15) is 0 Å². The van der Waals surface area contributed by atoms with Gasteiger partial charge in [-0.3, -0.25) is 0 Å². The van der Waals surface area contributed by atoms with Crippen LogP contribution in [0.25, 0.3) is 0 Å². The van der Waals surface area contributed by atoms with Gasteiger partial charge in [0.1, 0.15) is 5.75 Å². The van der Waals surface area contributed by atoms with Crippen LogP contribution in [-0.2, 0) is 0 Å². The molecular formula is C12H10ClFN2O. The van der Waals surface area contributed by atoms with Gasteiger partial charge in [0.15, 0.2) is 0 Å². The molecule has 1 N–H and O–H groups in total. The van der Waals surface area contributed by atoms with Gasteiger partial charge >= 0.3 is 0 Å². The number of methoxy groups -OCH3 is 1. The summed E-state index contributed by atoms with van der Waals surface area (Å²) in [6, 6.07) is 8.21. The van der Waals surface area contributed by atoms with Crippen LogP contribution in [0.5, 0.6) is 5.75 Å². The second-order valence-corrected chi connectivity index (χ2v) is 3.75. The lowest BCUT2D eigenvalue weighted by molar-refractivity contribution is 0.415. The highest BCUT2D eigenvalue weighted by molar-refractivity contribution is 6.32. The highest BCUT2D eigenvalue weighted by Crippen LogP contribution is 2.28. The molecule has 0 saturated carbocycles. The molecule has 5 heteroatoms. The standard InChI is InChI=1S/C12H10ClFN2O/c1-17-11-3-2-8(6-10(11)13)16-9-4-5-15-12(14)7-9/h2-7H,1H3,(H,15,16). The van der Waals surface area contributed by atoms with Gasteiger partial charge in [0.2, 0.25) is 5.95 Å². The molecule has 0 radical (unpaired) electrons. The van der Waals surface area contributed by atoms with Crippen LogP contribution in [0, 0.1) is 5.95 Å².